The number of unbranched alkanes of at least 4 members (excludes halogenated alkanes) is 2. The molecule has 1 aliphatic rings. The van der Waals surface area contributed by atoms with E-state index < -0.39 is 31.5 Å². The molecule has 1 heterocycles. The number of hydrogen-bond donors (Lipinski definition) is 1. The van der Waals surface area contributed by atoms with Gasteiger partial charge in [0.1, 0.15) is 4.90 Å². The van der Waals surface area contributed by atoms with Crippen molar-refractivity contribution in [3.05, 3.63) is 68.2 Å². The van der Waals surface area contributed by atoms with E-state index in [1.54, 1.807) is 6.07 Å². The lowest BCUT2D eigenvalue weighted by molar-refractivity contribution is -0.385. The molecule has 7 nitrogen and oxygen atoms in total. The van der Waals surface area contributed by atoms with Crippen LogP contribution in [0.3, 0.4) is 0 Å². The number of hydrogen-bond acceptors (Lipinski definition) is 5. The summed E-state index contributed by atoms with van der Waals surface area (Å²) >= 11 is 5.73. The lowest BCUT2D eigenvalue weighted by Crippen LogP contribution is -2.31. The normalized spacial score (nSPS) is 14.4. The third kappa shape index (κ3) is 5.97. The highest BCUT2D eigenvalue weighted by atomic mass is 35.5. The van der Waals surface area contributed by atoms with Gasteiger partial charge in [0, 0.05) is 31.8 Å². The van der Waals surface area contributed by atoms with Crippen molar-refractivity contribution >= 4 is 27.3 Å². The van der Waals surface area contributed by atoms with Crippen LogP contribution in [0.25, 0.3) is 0 Å². The molecule has 11 heteroatoms. The second kappa shape index (κ2) is 9.99. The highest BCUT2D eigenvalue weighted by Crippen LogP contribution is 2.25. The van der Waals surface area contributed by atoms with Gasteiger partial charge in [0.2, 0.25) is 10.0 Å². The quantitative estimate of drug-likeness (QED) is 0.257. The molecule has 0 unspecified atom stereocenters. The van der Waals surface area contributed by atoms with E-state index in [1.807, 2.05) is 6.07 Å². The van der Waals surface area contributed by atoms with Crippen molar-refractivity contribution in [3.63, 3.8) is 0 Å². The van der Waals surface area contributed by atoms with E-state index in [4.69, 9.17) is 11.6 Å². The van der Waals surface area contributed by atoms with Crippen LogP contribution in [0.1, 0.15) is 30.4 Å². The first kappa shape index (κ1) is 23.5. The first-order chi connectivity index (χ1) is 14.7. The predicted octanol–water partition coefficient (Wildman–Crippen LogP) is 4.03. The first-order valence-electron chi connectivity index (χ1n) is 9.80. The SMILES string of the molecule is O=[N+]([O-])c1ccc2c(c1)CN(CCCCCNS(=O)(=O)c1cc(F)c(F)cc1Cl)CC2. The van der Waals surface area contributed by atoms with Crippen LogP contribution in [0.4, 0.5) is 14.5 Å². The molecule has 0 amide bonds. The molecule has 0 aromatic heterocycles. The molecule has 0 aliphatic carbocycles. The van der Waals surface area contributed by atoms with Crippen molar-refractivity contribution in [3.8, 4) is 0 Å². The molecule has 0 bridgehead atoms. The van der Waals surface area contributed by atoms with Crippen LogP contribution in [0, 0.1) is 21.7 Å². The van der Waals surface area contributed by atoms with E-state index in [0.29, 0.717) is 25.1 Å². The zero-order valence-corrected chi connectivity index (χ0v) is 18.2. The number of nitrogens with one attached hydrogen (secondary N) is 1. The Bertz CT molecular complexity index is 1080. The van der Waals surface area contributed by atoms with Crippen LogP contribution in [0.5, 0.6) is 0 Å². The molecule has 0 radical (unpaired) electrons. The van der Waals surface area contributed by atoms with E-state index in [0.717, 1.165) is 43.5 Å². The molecule has 2 aromatic carbocycles. The van der Waals surface area contributed by atoms with Crippen LogP contribution >= 0.6 is 11.6 Å². The lowest BCUT2D eigenvalue weighted by atomic mass is 9.99. The van der Waals surface area contributed by atoms with Gasteiger partial charge < -0.3 is 0 Å². The zero-order chi connectivity index (χ0) is 22.6. The monoisotopic (exact) mass is 473 g/mol. The Kier molecular flexibility index (Phi) is 7.58. The van der Waals surface area contributed by atoms with Crippen LogP contribution in [-0.4, -0.2) is 37.9 Å². The van der Waals surface area contributed by atoms with E-state index in [1.165, 1.54) is 6.07 Å². The summed E-state index contributed by atoms with van der Waals surface area (Å²) in [5.41, 5.74) is 2.19. The van der Waals surface area contributed by atoms with Crippen molar-refractivity contribution < 1.29 is 22.1 Å². The van der Waals surface area contributed by atoms with Gasteiger partial charge >= 0.3 is 0 Å². The van der Waals surface area contributed by atoms with Gasteiger partial charge in [-0.05, 0) is 49.1 Å². The summed E-state index contributed by atoms with van der Waals surface area (Å²) in [5, 5.41) is 10.6. The predicted molar refractivity (Wildman–Crippen MR) is 112 cm³/mol. The van der Waals surface area contributed by atoms with Gasteiger partial charge in [-0.2, -0.15) is 0 Å². The minimum atomic E-state index is -4.04. The Balaban J connectivity index is 1.42. The van der Waals surface area contributed by atoms with Crippen LogP contribution in [-0.2, 0) is 23.0 Å². The third-order valence-electron chi connectivity index (χ3n) is 5.20. The van der Waals surface area contributed by atoms with Crippen molar-refractivity contribution in [1.82, 2.24) is 9.62 Å². The van der Waals surface area contributed by atoms with Gasteiger partial charge in [-0.15, -0.1) is 0 Å². The summed E-state index contributed by atoms with van der Waals surface area (Å²) in [5.74, 6) is -2.49. The van der Waals surface area contributed by atoms with Gasteiger partial charge in [-0.25, -0.2) is 21.9 Å². The molecule has 2 aromatic rings. The lowest BCUT2D eigenvalue weighted by Gasteiger charge is -2.28. The molecule has 31 heavy (non-hydrogen) atoms. The van der Waals surface area contributed by atoms with E-state index in [-0.39, 0.29) is 17.3 Å². The summed E-state index contributed by atoms with van der Waals surface area (Å²) in [6.45, 7) is 2.46. The van der Waals surface area contributed by atoms with Gasteiger partial charge in [0.25, 0.3) is 5.69 Å². The smallest absolute Gasteiger partial charge is 0.269 e. The van der Waals surface area contributed by atoms with Crippen molar-refractivity contribution in [2.24, 2.45) is 0 Å². The van der Waals surface area contributed by atoms with Crippen LogP contribution in [0.15, 0.2) is 35.2 Å². The molecule has 0 atom stereocenters. The Hall–Kier alpha value is -2.14. The fraction of sp³-hybridized carbons (Fsp3) is 0.400. The molecular formula is C20H22ClF2N3O4S. The molecule has 3 rings (SSSR count). The van der Waals surface area contributed by atoms with E-state index in [9.17, 15) is 27.3 Å². The second-order valence-electron chi connectivity index (χ2n) is 7.39. The van der Waals surface area contributed by atoms with Gasteiger partial charge in [-0.3, -0.25) is 15.0 Å². The number of rotatable bonds is 9. The molecule has 0 spiro atoms. The highest BCUT2D eigenvalue weighted by molar-refractivity contribution is 7.89. The summed E-state index contributed by atoms with van der Waals surface area (Å²) in [7, 11) is -4.04. The fourth-order valence-corrected chi connectivity index (χ4v) is 5.14. The first-order valence-corrected chi connectivity index (χ1v) is 11.7. The number of halogens is 3. The summed E-state index contributed by atoms with van der Waals surface area (Å²) in [6, 6.07) is 6.17. The molecule has 1 aliphatic heterocycles. The Labute approximate surface area is 184 Å². The number of non-ortho nitro benzene ring substituents is 1. The topological polar surface area (TPSA) is 92.6 Å². The minimum absolute atomic E-state index is 0.0917. The van der Waals surface area contributed by atoms with Crippen molar-refractivity contribution in [2.75, 3.05) is 19.6 Å². The third-order valence-corrected chi connectivity index (χ3v) is 7.13. The average molecular weight is 474 g/mol. The molecule has 168 valence electrons. The van der Waals surface area contributed by atoms with Crippen molar-refractivity contribution in [2.45, 2.75) is 37.1 Å². The molecule has 0 saturated carbocycles. The Morgan fingerprint density at radius 1 is 1.10 bits per heavy atom. The maximum Gasteiger partial charge on any atom is 0.269 e. The van der Waals surface area contributed by atoms with E-state index >= 15 is 0 Å². The molecular weight excluding hydrogens is 452 g/mol. The largest absolute Gasteiger partial charge is 0.299 e. The van der Waals surface area contributed by atoms with E-state index in [2.05, 4.69) is 9.62 Å². The number of benzene rings is 2. The highest BCUT2D eigenvalue weighted by Gasteiger charge is 2.21. The molecule has 0 saturated heterocycles. The number of sulfonamides is 1. The number of nitro benzene ring substituents is 1. The summed E-state index contributed by atoms with van der Waals surface area (Å²) in [4.78, 5) is 12.3. The van der Waals surface area contributed by atoms with Gasteiger partial charge in [-0.1, -0.05) is 24.1 Å². The van der Waals surface area contributed by atoms with Crippen LogP contribution < -0.4 is 4.72 Å². The maximum absolute atomic E-state index is 13.3. The van der Waals surface area contributed by atoms with Crippen molar-refractivity contribution in [1.29, 1.82) is 0 Å². The minimum Gasteiger partial charge on any atom is -0.299 e. The van der Waals surface area contributed by atoms with Crippen LogP contribution in [0.2, 0.25) is 5.02 Å². The van der Waals surface area contributed by atoms with Gasteiger partial charge in [0.05, 0.1) is 9.95 Å². The zero-order valence-electron chi connectivity index (χ0n) is 16.6. The Morgan fingerprint density at radius 2 is 1.84 bits per heavy atom. The molecule has 0 fully saturated rings. The molecule has 1 N–H and O–H groups in total. The number of nitrogens with zero attached hydrogens (tertiary/aromatic N) is 2. The number of nitro groups is 1. The standard InChI is InChI=1S/C20H22ClF2N3O4S/c21-17-11-18(22)19(23)12-20(17)31(29,30)24-7-2-1-3-8-25-9-6-14-4-5-16(26(27)28)10-15(14)13-25/h4-5,10-12,24H,1-3,6-9,13H2. The summed E-state index contributed by atoms with van der Waals surface area (Å²) < 4.78 is 53.3. The maximum atomic E-state index is 13.3. The summed E-state index contributed by atoms with van der Waals surface area (Å²) in [6.07, 6.45) is 2.99. The number of fused-ring (bicyclic) bond motifs is 1. The second-order valence-corrected chi connectivity index (χ2v) is 9.53. The van der Waals surface area contributed by atoms with Gasteiger partial charge in [0.15, 0.2) is 11.6 Å². The fourth-order valence-electron chi connectivity index (χ4n) is 3.54. The Morgan fingerprint density at radius 3 is 2.58 bits per heavy atom. The average Bonchev–Trinajstić information content (AvgIpc) is 2.72.